The molecule has 0 spiro atoms. The summed E-state index contributed by atoms with van der Waals surface area (Å²) in [5, 5.41) is 1.15. The van der Waals surface area contributed by atoms with E-state index in [1.165, 1.54) is 58.0 Å². The van der Waals surface area contributed by atoms with E-state index in [9.17, 15) is 0 Å². The molecule has 0 aromatic heterocycles. The van der Waals surface area contributed by atoms with E-state index in [0.717, 1.165) is 18.0 Å². The Kier molecular flexibility index (Phi) is 5.60. The summed E-state index contributed by atoms with van der Waals surface area (Å²) in [5.74, 6) is 0. The van der Waals surface area contributed by atoms with Crippen LogP contribution in [-0.2, 0) is 4.74 Å². The van der Waals surface area contributed by atoms with Crippen LogP contribution in [0.25, 0.3) is 0 Å². The number of ether oxygens (including phenoxy) is 1. The van der Waals surface area contributed by atoms with Crippen LogP contribution in [0.15, 0.2) is 0 Å². The highest BCUT2D eigenvalue weighted by Crippen LogP contribution is 2.24. The van der Waals surface area contributed by atoms with Gasteiger partial charge in [-0.05, 0) is 51.5 Å². The van der Waals surface area contributed by atoms with Gasteiger partial charge in [0.15, 0.2) is 0 Å². The first-order chi connectivity index (χ1) is 7.90. The quantitative estimate of drug-likeness (QED) is 0.721. The summed E-state index contributed by atoms with van der Waals surface area (Å²) >= 11 is 3.53. The van der Waals surface area contributed by atoms with Crippen molar-refractivity contribution in [1.82, 2.24) is 4.90 Å². The zero-order chi connectivity index (χ0) is 11.2. The maximum atomic E-state index is 5.84. The highest BCUT2D eigenvalue weighted by molar-refractivity contribution is 9.09. The highest BCUT2D eigenvalue weighted by atomic mass is 79.9. The number of hydrogen-bond acceptors (Lipinski definition) is 2. The molecule has 2 heterocycles. The Morgan fingerprint density at radius 3 is 2.88 bits per heavy atom. The van der Waals surface area contributed by atoms with Crippen LogP contribution in [0.1, 0.15) is 44.9 Å². The number of halogens is 1. The van der Waals surface area contributed by atoms with Crippen LogP contribution < -0.4 is 0 Å². The van der Waals surface area contributed by atoms with Crippen molar-refractivity contribution in [2.75, 3.05) is 25.0 Å². The van der Waals surface area contributed by atoms with E-state index in [4.69, 9.17) is 4.74 Å². The van der Waals surface area contributed by atoms with Crippen molar-refractivity contribution >= 4 is 15.9 Å². The number of rotatable bonds is 5. The molecule has 0 radical (unpaired) electrons. The van der Waals surface area contributed by atoms with Crippen LogP contribution in [0.4, 0.5) is 0 Å². The molecule has 0 saturated carbocycles. The largest absolute Gasteiger partial charge is 0.377 e. The average Bonchev–Trinajstić information content (AvgIpc) is 2.75. The van der Waals surface area contributed by atoms with E-state index < -0.39 is 0 Å². The minimum Gasteiger partial charge on any atom is -0.377 e. The van der Waals surface area contributed by atoms with Gasteiger partial charge in [-0.3, -0.25) is 4.90 Å². The van der Waals surface area contributed by atoms with Gasteiger partial charge in [-0.2, -0.15) is 0 Å². The van der Waals surface area contributed by atoms with Gasteiger partial charge in [0.05, 0.1) is 6.10 Å². The molecule has 0 aliphatic carbocycles. The zero-order valence-electron chi connectivity index (χ0n) is 10.2. The number of nitrogens with zero attached hydrogens (tertiary/aromatic N) is 1. The average molecular weight is 290 g/mol. The van der Waals surface area contributed by atoms with Gasteiger partial charge in [-0.1, -0.05) is 15.9 Å². The van der Waals surface area contributed by atoms with Crippen LogP contribution in [0.3, 0.4) is 0 Å². The monoisotopic (exact) mass is 289 g/mol. The van der Waals surface area contributed by atoms with E-state index >= 15 is 0 Å². The van der Waals surface area contributed by atoms with E-state index in [1.807, 2.05) is 0 Å². The predicted octanol–water partition coefficient (Wildman–Crippen LogP) is 3.20. The van der Waals surface area contributed by atoms with Crippen LogP contribution in [0, 0.1) is 0 Å². The maximum Gasteiger partial charge on any atom is 0.0702 e. The fraction of sp³-hybridized carbons (Fsp3) is 1.00. The highest BCUT2D eigenvalue weighted by Gasteiger charge is 2.27. The SMILES string of the molecule is BrCCCC1CCCN1CC1CCCCO1. The third kappa shape index (κ3) is 3.71. The smallest absolute Gasteiger partial charge is 0.0702 e. The van der Waals surface area contributed by atoms with Crippen molar-refractivity contribution in [3.05, 3.63) is 0 Å². The molecular weight excluding hydrogens is 266 g/mol. The van der Waals surface area contributed by atoms with Gasteiger partial charge >= 0.3 is 0 Å². The summed E-state index contributed by atoms with van der Waals surface area (Å²) in [7, 11) is 0. The summed E-state index contributed by atoms with van der Waals surface area (Å²) in [5.41, 5.74) is 0. The third-order valence-corrected chi connectivity index (χ3v) is 4.44. The van der Waals surface area contributed by atoms with E-state index in [-0.39, 0.29) is 0 Å². The molecule has 94 valence electrons. The molecule has 16 heavy (non-hydrogen) atoms. The number of likely N-dealkylation sites (tertiary alicyclic amines) is 1. The molecule has 2 unspecified atom stereocenters. The van der Waals surface area contributed by atoms with E-state index in [0.29, 0.717) is 6.10 Å². The molecule has 2 fully saturated rings. The second kappa shape index (κ2) is 6.97. The molecular formula is C13H24BrNO. The minimum absolute atomic E-state index is 0.526. The molecule has 0 aromatic carbocycles. The molecule has 2 aliphatic rings. The standard InChI is InChI=1S/C13H24BrNO/c14-8-3-5-12-6-4-9-15(12)11-13-7-1-2-10-16-13/h12-13H,1-11H2. The van der Waals surface area contributed by atoms with Crippen molar-refractivity contribution in [2.24, 2.45) is 0 Å². The molecule has 2 atom stereocenters. The van der Waals surface area contributed by atoms with Gasteiger partial charge in [-0.25, -0.2) is 0 Å². The van der Waals surface area contributed by atoms with Gasteiger partial charge in [-0.15, -0.1) is 0 Å². The minimum atomic E-state index is 0.526. The van der Waals surface area contributed by atoms with Gasteiger partial charge in [0.1, 0.15) is 0 Å². The van der Waals surface area contributed by atoms with Crippen LogP contribution in [-0.4, -0.2) is 42.1 Å². The Bertz CT molecular complexity index is 194. The second-order valence-corrected chi connectivity index (χ2v) is 5.90. The molecule has 0 bridgehead atoms. The first kappa shape index (κ1) is 12.8. The van der Waals surface area contributed by atoms with Crippen molar-refractivity contribution in [2.45, 2.75) is 57.1 Å². The van der Waals surface area contributed by atoms with Gasteiger partial charge in [0.2, 0.25) is 0 Å². The molecule has 3 heteroatoms. The zero-order valence-corrected chi connectivity index (χ0v) is 11.8. The predicted molar refractivity (Wildman–Crippen MR) is 71.2 cm³/mol. The van der Waals surface area contributed by atoms with Gasteiger partial charge in [0, 0.05) is 24.5 Å². The van der Waals surface area contributed by atoms with Crippen molar-refractivity contribution < 1.29 is 4.74 Å². The Hall–Kier alpha value is 0.400. The fourth-order valence-electron chi connectivity index (χ4n) is 2.99. The van der Waals surface area contributed by atoms with Crippen LogP contribution in [0.5, 0.6) is 0 Å². The molecule has 0 amide bonds. The van der Waals surface area contributed by atoms with Gasteiger partial charge in [0.25, 0.3) is 0 Å². The summed E-state index contributed by atoms with van der Waals surface area (Å²) in [6, 6.07) is 0.836. The summed E-state index contributed by atoms with van der Waals surface area (Å²) < 4.78 is 5.84. The third-order valence-electron chi connectivity index (χ3n) is 3.88. The summed E-state index contributed by atoms with van der Waals surface area (Å²) in [6.07, 6.45) is 9.90. The van der Waals surface area contributed by atoms with Crippen LogP contribution in [0.2, 0.25) is 0 Å². The fourth-order valence-corrected chi connectivity index (χ4v) is 3.31. The van der Waals surface area contributed by atoms with E-state index in [1.54, 1.807) is 0 Å². The Balaban J connectivity index is 1.73. The molecule has 2 nitrogen and oxygen atoms in total. The summed E-state index contributed by atoms with van der Waals surface area (Å²) in [6.45, 7) is 3.48. The lowest BCUT2D eigenvalue weighted by atomic mass is 10.1. The van der Waals surface area contributed by atoms with Gasteiger partial charge < -0.3 is 4.74 Å². The van der Waals surface area contributed by atoms with Crippen molar-refractivity contribution in [1.29, 1.82) is 0 Å². The number of alkyl halides is 1. The second-order valence-electron chi connectivity index (χ2n) is 5.11. The number of hydrogen-bond donors (Lipinski definition) is 0. The molecule has 2 saturated heterocycles. The summed E-state index contributed by atoms with van der Waals surface area (Å²) in [4.78, 5) is 2.68. The van der Waals surface area contributed by atoms with E-state index in [2.05, 4.69) is 20.8 Å². The Morgan fingerprint density at radius 2 is 2.12 bits per heavy atom. The molecule has 0 aromatic rings. The molecule has 0 N–H and O–H groups in total. The normalized spacial score (nSPS) is 32.1. The maximum absolute atomic E-state index is 5.84. The first-order valence-corrected chi connectivity index (χ1v) is 7.94. The van der Waals surface area contributed by atoms with Crippen molar-refractivity contribution in [3.63, 3.8) is 0 Å². The Morgan fingerprint density at radius 1 is 1.19 bits per heavy atom. The molecule has 2 aliphatic heterocycles. The lowest BCUT2D eigenvalue weighted by Gasteiger charge is -2.31. The lowest BCUT2D eigenvalue weighted by Crippen LogP contribution is -2.38. The lowest BCUT2D eigenvalue weighted by molar-refractivity contribution is -0.00838. The topological polar surface area (TPSA) is 12.5 Å². The van der Waals surface area contributed by atoms with Crippen molar-refractivity contribution in [3.8, 4) is 0 Å². The Labute approximate surface area is 108 Å². The first-order valence-electron chi connectivity index (χ1n) is 6.82. The molecule has 2 rings (SSSR count). The van der Waals surface area contributed by atoms with Crippen LogP contribution >= 0.6 is 15.9 Å².